The first kappa shape index (κ1) is 22.1. The first-order valence-electron chi connectivity index (χ1n) is 9.49. The summed E-state index contributed by atoms with van der Waals surface area (Å²) >= 11 is 0. The molecule has 0 radical (unpaired) electrons. The highest BCUT2D eigenvalue weighted by molar-refractivity contribution is 5.70. The SMILES string of the molecule is CCOc1ccc(CC(CC)CC(CN)C(=O)O)c(OCC)c1OCC. The van der Waals surface area contributed by atoms with Gasteiger partial charge in [0.05, 0.1) is 25.7 Å². The zero-order chi connectivity index (χ0) is 19.5. The Labute approximate surface area is 156 Å². The fourth-order valence-corrected chi connectivity index (χ4v) is 3.00. The smallest absolute Gasteiger partial charge is 0.307 e. The van der Waals surface area contributed by atoms with Gasteiger partial charge in [-0.05, 0) is 51.2 Å². The van der Waals surface area contributed by atoms with Crippen LogP contribution in [0.25, 0.3) is 0 Å². The van der Waals surface area contributed by atoms with Gasteiger partial charge in [-0.3, -0.25) is 4.79 Å². The number of carbonyl (C=O) groups is 1. The molecule has 0 aliphatic carbocycles. The standard InChI is InChI=1S/C20H33NO5/c1-5-14(12-16(13-21)20(22)23)11-15-9-10-17(24-6-2)19(26-8-4)18(15)25-7-3/h9-10,14,16H,5-8,11-13,21H2,1-4H3,(H,22,23). The van der Waals surface area contributed by atoms with E-state index in [4.69, 9.17) is 19.9 Å². The fourth-order valence-electron chi connectivity index (χ4n) is 3.00. The van der Waals surface area contributed by atoms with Crippen molar-refractivity contribution >= 4 is 5.97 Å². The van der Waals surface area contributed by atoms with E-state index in [-0.39, 0.29) is 12.5 Å². The molecule has 0 aliphatic rings. The van der Waals surface area contributed by atoms with Crippen LogP contribution in [-0.2, 0) is 11.2 Å². The zero-order valence-corrected chi connectivity index (χ0v) is 16.4. The number of ether oxygens (including phenoxy) is 3. The first-order valence-corrected chi connectivity index (χ1v) is 9.49. The Balaban J connectivity index is 3.15. The third-order valence-corrected chi connectivity index (χ3v) is 4.37. The Hall–Kier alpha value is -1.95. The van der Waals surface area contributed by atoms with E-state index in [1.165, 1.54) is 0 Å². The minimum absolute atomic E-state index is 0.150. The topological polar surface area (TPSA) is 91.0 Å². The summed E-state index contributed by atoms with van der Waals surface area (Å²) in [7, 11) is 0. The maximum atomic E-state index is 11.3. The van der Waals surface area contributed by atoms with E-state index >= 15 is 0 Å². The number of rotatable bonds is 13. The third-order valence-electron chi connectivity index (χ3n) is 4.37. The van der Waals surface area contributed by atoms with Gasteiger partial charge in [0, 0.05) is 6.54 Å². The van der Waals surface area contributed by atoms with Gasteiger partial charge in [-0.25, -0.2) is 0 Å². The summed E-state index contributed by atoms with van der Waals surface area (Å²) in [6.07, 6.45) is 2.12. The van der Waals surface area contributed by atoms with Crippen molar-refractivity contribution in [1.82, 2.24) is 0 Å². The molecule has 1 aromatic carbocycles. The van der Waals surface area contributed by atoms with E-state index in [1.807, 2.05) is 32.9 Å². The lowest BCUT2D eigenvalue weighted by Gasteiger charge is -2.22. The minimum atomic E-state index is -0.835. The predicted molar refractivity (Wildman–Crippen MR) is 102 cm³/mol. The van der Waals surface area contributed by atoms with E-state index < -0.39 is 11.9 Å². The molecule has 26 heavy (non-hydrogen) atoms. The van der Waals surface area contributed by atoms with Crippen molar-refractivity contribution in [3.8, 4) is 17.2 Å². The number of aliphatic carboxylic acids is 1. The highest BCUT2D eigenvalue weighted by atomic mass is 16.5. The molecule has 3 N–H and O–H groups in total. The van der Waals surface area contributed by atoms with Crippen molar-refractivity contribution in [2.45, 2.75) is 47.0 Å². The molecule has 1 rings (SSSR count). The van der Waals surface area contributed by atoms with Crippen LogP contribution in [0.3, 0.4) is 0 Å². The molecule has 0 heterocycles. The molecule has 0 amide bonds. The van der Waals surface area contributed by atoms with Crippen molar-refractivity contribution in [3.05, 3.63) is 17.7 Å². The molecule has 6 heteroatoms. The molecule has 148 valence electrons. The van der Waals surface area contributed by atoms with Crippen molar-refractivity contribution in [1.29, 1.82) is 0 Å². The summed E-state index contributed by atoms with van der Waals surface area (Å²) < 4.78 is 17.4. The summed E-state index contributed by atoms with van der Waals surface area (Å²) in [6.45, 7) is 9.56. The number of carboxylic acids is 1. The second-order valence-corrected chi connectivity index (χ2v) is 6.17. The monoisotopic (exact) mass is 367 g/mol. The van der Waals surface area contributed by atoms with Gasteiger partial charge in [0.2, 0.25) is 5.75 Å². The molecule has 0 bridgehead atoms. The molecular formula is C20H33NO5. The van der Waals surface area contributed by atoms with E-state index in [1.54, 1.807) is 0 Å². The maximum Gasteiger partial charge on any atom is 0.307 e. The van der Waals surface area contributed by atoms with E-state index in [0.29, 0.717) is 49.9 Å². The second-order valence-electron chi connectivity index (χ2n) is 6.17. The molecule has 1 aromatic rings. The number of hydrogen-bond donors (Lipinski definition) is 2. The van der Waals surface area contributed by atoms with Gasteiger partial charge in [-0.1, -0.05) is 19.4 Å². The van der Waals surface area contributed by atoms with Crippen LogP contribution in [0.2, 0.25) is 0 Å². The molecular weight excluding hydrogens is 334 g/mol. The van der Waals surface area contributed by atoms with E-state index in [0.717, 1.165) is 12.0 Å². The Kier molecular flexibility index (Phi) is 9.88. The second kappa shape index (κ2) is 11.6. The van der Waals surface area contributed by atoms with Gasteiger partial charge >= 0.3 is 5.97 Å². The van der Waals surface area contributed by atoms with Crippen molar-refractivity contribution < 1.29 is 24.1 Å². The van der Waals surface area contributed by atoms with Crippen LogP contribution < -0.4 is 19.9 Å². The summed E-state index contributed by atoms with van der Waals surface area (Å²) in [5.41, 5.74) is 6.63. The Bertz CT molecular complexity index is 561. The van der Waals surface area contributed by atoms with Crippen LogP contribution >= 0.6 is 0 Å². The molecule has 0 saturated carbocycles. The van der Waals surface area contributed by atoms with Crippen molar-refractivity contribution in [3.63, 3.8) is 0 Å². The molecule has 2 atom stereocenters. The molecule has 0 aromatic heterocycles. The number of nitrogens with two attached hydrogens (primary N) is 1. The molecule has 2 unspecified atom stereocenters. The van der Waals surface area contributed by atoms with Crippen molar-refractivity contribution in [2.75, 3.05) is 26.4 Å². The summed E-state index contributed by atoms with van der Waals surface area (Å²) in [6, 6.07) is 3.88. The lowest BCUT2D eigenvalue weighted by Crippen LogP contribution is -2.26. The Morgan fingerprint density at radius 3 is 2.15 bits per heavy atom. The Morgan fingerprint density at radius 2 is 1.65 bits per heavy atom. The van der Waals surface area contributed by atoms with Crippen LogP contribution in [-0.4, -0.2) is 37.4 Å². The zero-order valence-electron chi connectivity index (χ0n) is 16.4. The number of carboxylic acid groups (broad SMARTS) is 1. The van der Waals surface area contributed by atoms with Crippen LogP contribution in [0.15, 0.2) is 12.1 Å². The summed E-state index contributed by atoms with van der Waals surface area (Å²) in [5.74, 6) is 0.823. The molecule has 0 spiro atoms. The maximum absolute atomic E-state index is 11.3. The molecule has 0 aliphatic heterocycles. The largest absolute Gasteiger partial charge is 0.490 e. The normalized spacial score (nSPS) is 13.1. The van der Waals surface area contributed by atoms with Gasteiger partial charge in [0.15, 0.2) is 11.5 Å². The number of hydrogen-bond acceptors (Lipinski definition) is 5. The fraction of sp³-hybridized carbons (Fsp3) is 0.650. The van der Waals surface area contributed by atoms with Crippen LogP contribution in [0.4, 0.5) is 0 Å². The van der Waals surface area contributed by atoms with Gasteiger partial charge < -0.3 is 25.1 Å². The van der Waals surface area contributed by atoms with Gasteiger partial charge in [-0.2, -0.15) is 0 Å². The molecule has 6 nitrogen and oxygen atoms in total. The third kappa shape index (κ3) is 6.09. The quantitative estimate of drug-likeness (QED) is 0.554. The van der Waals surface area contributed by atoms with Crippen LogP contribution in [0, 0.1) is 11.8 Å². The highest BCUT2D eigenvalue weighted by Crippen LogP contribution is 2.42. The lowest BCUT2D eigenvalue weighted by atomic mass is 9.87. The highest BCUT2D eigenvalue weighted by Gasteiger charge is 2.24. The van der Waals surface area contributed by atoms with Gasteiger partial charge in [0.1, 0.15) is 0 Å². The average Bonchev–Trinajstić information content (AvgIpc) is 2.62. The van der Waals surface area contributed by atoms with Crippen LogP contribution in [0.1, 0.15) is 46.1 Å². The van der Waals surface area contributed by atoms with Crippen molar-refractivity contribution in [2.24, 2.45) is 17.6 Å². The molecule has 0 fully saturated rings. The predicted octanol–water partition coefficient (Wildman–Crippen LogP) is 3.50. The summed E-state index contributed by atoms with van der Waals surface area (Å²) in [5, 5.41) is 9.29. The van der Waals surface area contributed by atoms with E-state index in [2.05, 4.69) is 6.92 Å². The Morgan fingerprint density at radius 1 is 1.04 bits per heavy atom. The van der Waals surface area contributed by atoms with Gasteiger partial charge in [0.25, 0.3) is 0 Å². The molecule has 0 saturated heterocycles. The number of benzene rings is 1. The first-order chi connectivity index (χ1) is 12.5. The van der Waals surface area contributed by atoms with E-state index in [9.17, 15) is 9.90 Å². The van der Waals surface area contributed by atoms with Gasteiger partial charge in [-0.15, -0.1) is 0 Å². The summed E-state index contributed by atoms with van der Waals surface area (Å²) in [4.78, 5) is 11.3. The average molecular weight is 367 g/mol. The van der Waals surface area contributed by atoms with Crippen LogP contribution in [0.5, 0.6) is 17.2 Å². The minimum Gasteiger partial charge on any atom is -0.490 e. The lowest BCUT2D eigenvalue weighted by molar-refractivity contribution is -0.142.